The number of anilines is 1. The Bertz CT molecular complexity index is 743. The normalized spacial score (nSPS) is 14.5. The number of hydrogen-bond donors (Lipinski definition) is 0. The predicted molar refractivity (Wildman–Crippen MR) is 92.5 cm³/mol. The van der Waals surface area contributed by atoms with Crippen molar-refractivity contribution in [2.45, 2.75) is 33.7 Å². The van der Waals surface area contributed by atoms with Gasteiger partial charge in [0.05, 0.1) is 0 Å². The van der Waals surface area contributed by atoms with E-state index in [1.807, 2.05) is 6.07 Å². The van der Waals surface area contributed by atoms with Crippen LogP contribution in [0.15, 0.2) is 42.5 Å². The molecule has 1 nitrogen and oxygen atoms in total. The Morgan fingerprint density at radius 3 is 2.41 bits per heavy atom. The van der Waals surface area contributed by atoms with Crippen molar-refractivity contribution >= 4 is 16.8 Å². The molecule has 0 saturated carbocycles. The second-order valence-corrected chi connectivity index (χ2v) is 6.30. The number of rotatable bonds is 2. The number of fused-ring (bicyclic) bond motifs is 1. The van der Waals surface area contributed by atoms with Gasteiger partial charge in [-0.1, -0.05) is 24.3 Å². The highest BCUT2D eigenvalue weighted by molar-refractivity contribution is 5.98. The highest BCUT2D eigenvalue weighted by Gasteiger charge is 2.25. The van der Waals surface area contributed by atoms with Crippen LogP contribution in [0, 0.1) is 12.7 Å². The number of nitrogens with zero attached hydrogens (tertiary/aromatic N) is 1. The molecule has 2 heteroatoms. The van der Waals surface area contributed by atoms with Gasteiger partial charge in [-0.3, -0.25) is 0 Å². The molecule has 0 spiro atoms. The van der Waals surface area contributed by atoms with Crippen LogP contribution in [-0.4, -0.2) is 12.6 Å². The van der Waals surface area contributed by atoms with Gasteiger partial charge in [0.2, 0.25) is 0 Å². The Morgan fingerprint density at radius 1 is 1.00 bits per heavy atom. The van der Waals surface area contributed by atoms with Crippen LogP contribution in [0.1, 0.15) is 37.5 Å². The fourth-order valence-corrected chi connectivity index (χ4v) is 3.26. The molecule has 3 rings (SSSR count). The first-order valence-corrected chi connectivity index (χ1v) is 7.81. The molecule has 0 amide bonds. The van der Waals surface area contributed by atoms with E-state index >= 15 is 0 Å². The van der Waals surface area contributed by atoms with E-state index < -0.39 is 0 Å². The van der Waals surface area contributed by atoms with Gasteiger partial charge >= 0.3 is 0 Å². The summed E-state index contributed by atoms with van der Waals surface area (Å²) in [6, 6.07) is 13.9. The van der Waals surface area contributed by atoms with Crippen LogP contribution >= 0.6 is 0 Å². The van der Waals surface area contributed by atoms with E-state index in [-0.39, 0.29) is 5.82 Å². The van der Waals surface area contributed by atoms with Crippen LogP contribution in [0.2, 0.25) is 0 Å². The van der Waals surface area contributed by atoms with Gasteiger partial charge in [0, 0.05) is 23.8 Å². The Balaban J connectivity index is 2.23. The molecule has 1 aliphatic heterocycles. The first-order chi connectivity index (χ1) is 10.5. The molecule has 22 heavy (non-hydrogen) atoms. The number of hydrogen-bond acceptors (Lipinski definition) is 1. The minimum absolute atomic E-state index is 0.173. The van der Waals surface area contributed by atoms with Gasteiger partial charge < -0.3 is 4.90 Å². The molecule has 0 aliphatic carbocycles. The fraction of sp³-hybridized carbons (Fsp3) is 0.300. The average Bonchev–Trinajstić information content (AvgIpc) is 2.49. The van der Waals surface area contributed by atoms with Crippen LogP contribution in [0.25, 0.3) is 11.1 Å². The lowest BCUT2D eigenvalue weighted by Gasteiger charge is -2.37. The first-order valence-electron chi connectivity index (χ1n) is 7.81. The molecule has 0 radical (unpaired) electrons. The van der Waals surface area contributed by atoms with Crippen molar-refractivity contribution in [2.75, 3.05) is 11.4 Å². The smallest absolute Gasteiger partial charge is 0.123 e. The van der Waals surface area contributed by atoms with Gasteiger partial charge in [-0.25, -0.2) is 4.39 Å². The third-order valence-corrected chi connectivity index (χ3v) is 4.55. The number of halogens is 1. The van der Waals surface area contributed by atoms with Gasteiger partial charge in [0.1, 0.15) is 5.82 Å². The largest absolute Gasteiger partial charge is 0.364 e. The summed E-state index contributed by atoms with van der Waals surface area (Å²) in [4.78, 5) is 2.35. The van der Waals surface area contributed by atoms with E-state index in [2.05, 4.69) is 56.9 Å². The Kier molecular flexibility index (Phi) is 3.78. The summed E-state index contributed by atoms with van der Waals surface area (Å²) in [6.45, 7) is 9.48. The third kappa shape index (κ3) is 2.43. The monoisotopic (exact) mass is 295 g/mol. The molecule has 0 bridgehead atoms. The standard InChI is InChI=1S/C20H22FN/c1-13(2)22-12-19(17-8-6-5-7-14(17)3)15(4)18-11-16(21)9-10-20(18)22/h5-11,13H,12H2,1-4H3. The lowest BCUT2D eigenvalue weighted by Crippen LogP contribution is -2.35. The van der Waals surface area contributed by atoms with Crippen molar-refractivity contribution in [2.24, 2.45) is 0 Å². The van der Waals surface area contributed by atoms with Gasteiger partial charge in [-0.15, -0.1) is 0 Å². The van der Waals surface area contributed by atoms with Crippen LogP contribution in [0.5, 0.6) is 0 Å². The van der Waals surface area contributed by atoms with Crippen molar-refractivity contribution in [3.8, 4) is 0 Å². The van der Waals surface area contributed by atoms with Crippen molar-refractivity contribution in [1.82, 2.24) is 0 Å². The molecule has 1 aliphatic rings. The van der Waals surface area contributed by atoms with Crippen LogP contribution in [0.3, 0.4) is 0 Å². The Labute approximate surface area is 132 Å². The van der Waals surface area contributed by atoms with Crippen LogP contribution in [-0.2, 0) is 0 Å². The van der Waals surface area contributed by atoms with E-state index in [9.17, 15) is 4.39 Å². The molecule has 0 unspecified atom stereocenters. The molecule has 0 atom stereocenters. The Morgan fingerprint density at radius 2 is 1.73 bits per heavy atom. The SMILES string of the molecule is CC1=C(c2ccccc2C)CN(C(C)C)c2ccc(F)cc21. The summed E-state index contributed by atoms with van der Waals surface area (Å²) < 4.78 is 13.8. The molecule has 0 saturated heterocycles. The maximum atomic E-state index is 13.8. The highest BCUT2D eigenvalue weighted by atomic mass is 19.1. The van der Waals surface area contributed by atoms with Gasteiger partial charge in [-0.05, 0) is 68.2 Å². The number of benzene rings is 2. The maximum Gasteiger partial charge on any atom is 0.123 e. The predicted octanol–water partition coefficient (Wildman–Crippen LogP) is 5.29. The van der Waals surface area contributed by atoms with E-state index in [0.717, 1.165) is 17.8 Å². The van der Waals surface area contributed by atoms with Crippen molar-refractivity contribution in [3.63, 3.8) is 0 Å². The zero-order valence-electron chi connectivity index (χ0n) is 13.7. The number of aryl methyl sites for hydroxylation is 1. The first kappa shape index (κ1) is 14.8. The molecule has 0 fully saturated rings. The molecule has 2 aromatic carbocycles. The molecule has 2 aromatic rings. The van der Waals surface area contributed by atoms with Crippen LogP contribution in [0.4, 0.5) is 10.1 Å². The summed E-state index contributed by atoms with van der Waals surface area (Å²) in [6.07, 6.45) is 0. The minimum Gasteiger partial charge on any atom is -0.364 e. The zero-order chi connectivity index (χ0) is 15.9. The topological polar surface area (TPSA) is 3.24 Å². The van der Waals surface area contributed by atoms with E-state index in [4.69, 9.17) is 0 Å². The quantitative estimate of drug-likeness (QED) is 0.727. The fourth-order valence-electron chi connectivity index (χ4n) is 3.26. The average molecular weight is 295 g/mol. The number of allylic oxidation sites excluding steroid dienone is 1. The van der Waals surface area contributed by atoms with E-state index in [0.29, 0.717) is 6.04 Å². The second kappa shape index (κ2) is 5.60. The van der Waals surface area contributed by atoms with Gasteiger partial charge in [-0.2, -0.15) is 0 Å². The summed E-state index contributed by atoms with van der Waals surface area (Å²) in [5.74, 6) is -0.173. The molecule has 0 N–H and O–H groups in total. The van der Waals surface area contributed by atoms with E-state index in [1.165, 1.54) is 22.3 Å². The lowest BCUT2D eigenvalue weighted by atomic mass is 9.88. The minimum atomic E-state index is -0.173. The zero-order valence-corrected chi connectivity index (χ0v) is 13.7. The molecular weight excluding hydrogens is 273 g/mol. The van der Waals surface area contributed by atoms with Crippen molar-refractivity contribution in [3.05, 3.63) is 65.0 Å². The molecule has 1 heterocycles. The summed E-state index contributed by atoms with van der Waals surface area (Å²) in [5, 5.41) is 0. The second-order valence-electron chi connectivity index (χ2n) is 6.30. The Hall–Kier alpha value is -2.09. The summed E-state index contributed by atoms with van der Waals surface area (Å²) in [7, 11) is 0. The van der Waals surface area contributed by atoms with Crippen LogP contribution < -0.4 is 4.90 Å². The molecular formula is C20H22FN. The maximum absolute atomic E-state index is 13.8. The van der Waals surface area contributed by atoms with Gasteiger partial charge in [0.15, 0.2) is 0 Å². The van der Waals surface area contributed by atoms with Crippen molar-refractivity contribution in [1.29, 1.82) is 0 Å². The molecule has 114 valence electrons. The lowest BCUT2D eigenvalue weighted by molar-refractivity contribution is 0.625. The highest BCUT2D eigenvalue weighted by Crippen LogP contribution is 2.40. The summed E-state index contributed by atoms with van der Waals surface area (Å²) >= 11 is 0. The third-order valence-electron chi connectivity index (χ3n) is 4.55. The summed E-state index contributed by atoms with van der Waals surface area (Å²) in [5.41, 5.74) is 7.15. The molecule has 0 aromatic heterocycles. The van der Waals surface area contributed by atoms with Gasteiger partial charge in [0.25, 0.3) is 0 Å². The van der Waals surface area contributed by atoms with E-state index in [1.54, 1.807) is 12.1 Å². The van der Waals surface area contributed by atoms with Crippen molar-refractivity contribution < 1.29 is 4.39 Å².